The fourth-order valence-corrected chi connectivity index (χ4v) is 3.23. The largest absolute Gasteiger partial charge is 0.454 e. The fourth-order valence-electron chi connectivity index (χ4n) is 2.53. The van der Waals surface area contributed by atoms with Gasteiger partial charge in [-0.15, -0.1) is 0 Å². The highest BCUT2D eigenvalue weighted by atomic mass is 79.9. The first-order valence-corrected chi connectivity index (χ1v) is 8.83. The van der Waals surface area contributed by atoms with Crippen molar-refractivity contribution >= 4 is 55.4 Å². The van der Waals surface area contributed by atoms with Gasteiger partial charge in [-0.1, -0.05) is 31.9 Å². The number of hydrogen-bond donors (Lipinski definition) is 1. The summed E-state index contributed by atoms with van der Waals surface area (Å²) in [5.41, 5.74) is 3.85. The summed E-state index contributed by atoms with van der Waals surface area (Å²) < 4.78 is 12.2. The minimum Gasteiger partial charge on any atom is -0.454 e. The van der Waals surface area contributed by atoms with Crippen LogP contribution in [-0.4, -0.2) is 18.6 Å². The first-order valence-electron chi connectivity index (χ1n) is 7.25. The minimum atomic E-state index is -0.461. The lowest BCUT2D eigenvalue weighted by atomic mass is 10.1. The van der Waals surface area contributed by atoms with Gasteiger partial charge in [0, 0.05) is 8.95 Å². The van der Waals surface area contributed by atoms with Crippen molar-refractivity contribution in [3.05, 3.63) is 56.5 Å². The number of rotatable bonds is 2. The normalized spacial score (nSPS) is 17.4. The summed E-state index contributed by atoms with van der Waals surface area (Å²) in [7, 11) is 0. The van der Waals surface area contributed by atoms with Crippen LogP contribution in [0.1, 0.15) is 5.56 Å². The maximum atomic E-state index is 12.6. The summed E-state index contributed by atoms with van der Waals surface area (Å²) in [6.45, 7) is 0.151. The van der Waals surface area contributed by atoms with Crippen molar-refractivity contribution in [1.82, 2.24) is 5.43 Å². The third-order valence-electron chi connectivity index (χ3n) is 3.77. The van der Waals surface area contributed by atoms with Crippen molar-refractivity contribution in [3.63, 3.8) is 0 Å². The molecule has 2 heterocycles. The average Bonchev–Trinajstić information content (AvgIpc) is 3.15. The number of hydrazine groups is 1. The molecule has 2 aromatic carbocycles. The Balaban J connectivity index is 1.69. The predicted molar refractivity (Wildman–Crippen MR) is 98.0 cm³/mol. The summed E-state index contributed by atoms with van der Waals surface area (Å²) in [4.78, 5) is 24.9. The molecule has 0 aromatic heterocycles. The monoisotopic (exact) mass is 464 g/mol. The molecule has 0 atom stereocenters. The Morgan fingerprint density at radius 2 is 1.72 bits per heavy atom. The third-order valence-corrected chi connectivity index (χ3v) is 4.98. The summed E-state index contributed by atoms with van der Waals surface area (Å²) in [5.74, 6) is 0.313. The van der Waals surface area contributed by atoms with E-state index in [2.05, 4.69) is 37.3 Å². The van der Waals surface area contributed by atoms with Gasteiger partial charge in [0.25, 0.3) is 11.8 Å². The topological polar surface area (TPSA) is 67.9 Å². The summed E-state index contributed by atoms with van der Waals surface area (Å²) in [6.07, 6.45) is 1.53. The van der Waals surface area contributed by atoms with Gasteiger partial charge in [0.15, 0.2) is 11.5 Å². The number of halogens is 2. The molecule has 2 amide bonds. The highest BCUT2D eigenvalue weighted by molar-refractivity contribution is 9.10. The van der Waals surface area contributed by atoms with E-state index in [1.807, 2.05) is 0 Å². The Morgan fingerprint density at radius 3 is 2.44 bits per heavy atom. The molecular weight excluding hydrogens is 456 g/mol. The second kappa shape index (κ2) is 6.20. The van der Waals surface area contributed by atoms with Crippen LogP contribution >= 0.6 is 31.9 Å². The number of nitrogens with one attached hydrogen (secondary N) is 1. The first-order chi connectivity index (χ1) is 12.0. The molecule has 4 rings (SSSR count). The van der Waals surface area contributed by atoms with Gasteiger partial charge in [-0.3, -0.25) is 15.0 Å². The van der Waals surface area contributed by atoms with Crippen LogP contribution in [0.25, 0.3) is 6.08 Å². The maximum absolute atomic E-state index is 12.6. The van der Waals surface area contributed by atoms with E-state index >= 15 is 0 Å². The Hall–Kier alpha value is -2.32. The van der Waals surface area contributed by atoms with Crippen molar-refractivity contribution in [3.8, 4) is 11.5 Å². The lowest BCUT2D eigenvalue weighted by Crippen LogP contribution is -2.35. The van der Waals surface area contributed by atoms with Gasteiger partial charge in [0.2, 0.25) is 6.79 Å². The molecule has 0 radical (unpaired) electrons. The van der Waals surface area contributed by atoms with Gasteiger partial charge < -0.3 is 9.47 Å². The number of carbonyl (C=O) groups is 2. The van der Waals surface area contributed by atoms with Crippen LogP contribution in [0.2, 0.25) is 0 Å². The van der Waals surface area contributed by atoms with E-state index in [-0.39, 0.29) is 12.4 Å². The smallest absolute Gasteiger partial charge is 0.282 e. The molecule has 6 nitrogen and oxygen atoms in total. The van der Waals surface area contributed by atoms with E-state index in [0.717, 1.165) is 4.47 Å². The highest BCUT2D eigenvalue weighted by Gasteiger charge is 2.34. The van der Waals surface area contributed by atoms with Crippen LogP contribution in [0.3, 0.4) is 0 Å². The summed E-state index contributed by atoms with van der Waals surface area (Å²) in [6, 6.07) is 10.5. The molecule has 1 N–H and O–H groups in total. The van der Waals surface area contributed by atoms with Crippen LogP contribution in [0.4, 0.5) is 5.69 Å². The van der Waals surface area contributed by atoms with E-state index in [0.29, 0.717) is 27.2 Å². The molecule has 126 valence electrons. The van der Waals surface area contributed by atoms with Crippen LogP contribution in [0.15, 0.2) is 50.9 Å². The summed E-state index contributed by atoms with van der Waals surface area (Å²) >= 11 is 6.76. The van der Waals surface area contributed by atoms with Crippen molar-refractivity contribution in [2.24, 2.45) is 0 Å². The molecule has 1 saturated heterocycles. The predicted octanol–water partition coefficient (Wildman–Crippen LogP) is 3.40. The molecule has 8 heteroatoms. The second-order valence-corrected chi connectivity index (χ2v) is 7.11. The lowest BCUT2D eigenvalue weighted by molar-refractivity contribution is -0.117. The van der Waals surface area contributed by atoms with Gasteiger partial charge >= 0.3 is 0 Å². The number of nitrogens with zero attached hydrogens (tertiary/aromatic N) is 1. The van der Waals surface area contributed by atoms with E-state index in [1.165, 1.54) is 11.1 Å². The lowest BCUT2D eigenvalue weighted by Gasteiger charge is -2.14. The first kappa shape index (κ1) is 16.2. The number of hydrogen-bond acceptors (Lipinski definition) is 4. The highest BCUT2D eigenvalue weighted by Crippen LogP contribution is 2.38. The molecule has 0 unspecified atom stereocenters. The summed E-state index contributed by atoms with van der Waals surface area (Å²) in [5, 5.41) is 1.22. The van der Waals surface area contributed by atoms with Crippen LogP contribution in [0, 0.1) is 0 Å². The average molecular weight is 466 g/mol. The molecule has 2 aliphatic rings. The van der Waals surface area contributed by atoms with Crippen molar-refractivity contribution in [2.75, 3.05) is 11.8 Å². The Kier molecular flexibility index (Phi) is 4.01. The quantitative estimate of drug-likeness (QED) is 0.545. The Labute approximate surface area is 159 Å². The molecule has 0 spiro atoms. The maximum Gasteiger partial charge on any atom is 0.282 e. The van der Waals surface area contributed by atoms with Crippen molar-refractivity contribution < 1.29 is 19.1 Å². The van der Waals surface area contributed by atoms with Crippen LogP contribution in [-0.2, 0) is 9.59 Å². The molecule has 0 saturated carbocycles. The number of benzene rings is 2. The Morgan fingerprint density at radius 1 is 1.04 bits per heavy atom. The fraction of sp³-hybridized carbons (Fsp3) is 0.0588. The van der Waals surface area contributed by atoms with Crippen LogP contribution < -0.4 is 19.9 Å². The number of ether oxygens (including phenoxy) is 2. The van der Waals surface area contributed by atoms with E-state index in [4.69, 9.17) is 9.47 Å². The zero-order valence-electron chi connectivity index (χ0n) is 12.6. The van der Waals surface area contributed by atoms with Gasteiger partial charge in [-0.05, 0) is 48.0 Å². The molecule has 0 aliphatic carbocycles. The van der Waals surface area contributed by atoms with E-state index in [9.17, 15) is 9.59 Å². The third kappa shape index (κ3) is 2.91. The Bertz CT molecular complexity index is 925. The standard InChI is InChI=1S/C17H10Br2N2O4/c18-10-1-3-11(4-2-10)21-17(23)12(16(22)20-21)5-9-6-14-15(7-13(9)19)25-8-24-14/h1-7H,8H2,(H,20,22)/b12-5+. The molecule has 1 fully saturated rings. The number of amides is 2. The molecule has 2 aromatic rings. The van der Waals surface area contributed by atoms with Gasteiger partial charge in [-0.25, -0.2) is 5.01 Å². The molecule has 25 heavy (non-hydrogen) atoms. The number of fused-ring (bicyclic) bond motifs is 1. The second-order valence-electron chi connectivity index (χ2n) is 5.34. The van der Waals surface area contributed by atoms with Crippen molar-refractivity contribution in [2.45, 2.75) is 0 Å². The SMILES string of the molecule is O=C1NN(c2ccc(Br)cc2)C(=O)/C1=C/c1cc2c(cc1Br)OCO2. The number of carbonyl (C=O) groups excluding carboxylic acids is 2. The van der Waals surface area contributed by atoms with E-state index < -0.39 is 11.8 Å². The molecule has 0 bridgehead atoms. The molecule has 2 aliphatic heterocycles. The van der Waals surface area contributed by atoms with Gasteiger partial charge in [0.1, 0.15) is 5.57 Å². The zero-order chi connectivity index (χ0) is 17.6. The van der Waals surface area contributed by atoms with Crippen LogP contribution in [0.5, 0.6) is 11.5 Å². The number of anilines is 1. The van der Waals surface area contributed by atoms with Gasteiger partial charge in [-0.2, -0.15) is 0 Å². The van der Waals surface area contributed by atoms with Gasteiger partial charge in [0.05, 0.1) is 5.69 Å². The van der Waals surface area contributed by atoms with Crippen molar-refractivity contribution in [1.29, 1.82) is 0 Å². The molecular formula is C17H10Br2N2O4. The zero-order valence-corrected chi connectivity index (χ0v) is 15.8. The minimum absolute atomic E-state index is 0.0440. The van der Waals surface area contributed by atoms with E-state index in [1.54, 1.807) is 36.4 Å².